The Balaban J connectivity index is 2.26. The van der Waals surface area contributed by atoms with E-state index in [-0.39, 0.29) is 11.9 Å². The molecule has 1 rings (SSSR count). The summed E-state index contributed by atoms with van der Waals surface area (Å²) < 4.78 is 31.1. The lowest BCUT2D eigenvalue weighted by Gasteiger charge is -2.30. The van der Waals surface area contributed by atoms with E-state index in [0.29, 0.717) is 32.2 Å². The quantitative estimate of drug-likeness (QED) is 0.700. The fraction of sp³-hybridized carbons (Fsp3) is 1.00. The second-order valence-electron chi connectivity index (χ2n) is 5.17. The van der Waals surface area contributed by atoms with Crippen LogP contribution in [0.5, 0.6) is 0 Å². The van der Waals surface area contributed by atoms with E-state index in [2.05, 4.69) is 19.2 Å². The second kappa shape index (κ2) is 7.43. The van der Waals surface area contributed by atoms with Crippen molar-refractivity contribution in [1.82, 2.24) is 9.62 Å². The van der Waals surface area contributed by atoms with Crippen LogP contribution in [0.3, 0.4) is 0 Å². The zero-order valence-electron chi connectivity index (χ0n) is 11.7. The predicted octanol–water partition coefficient (Wildman–Crippen LogP) is 0.815. The molecule has 1 unspecified atom stereocenters. The van der Waals surface area contributed by atoms with Crippen LogP contribution in [-0.2, 0) is 14.8 Å². The van der Waals surface area contributed by atoms with E-state index in [1.807, 2.05) is 6.92 Å². The van der Waals surface area contributed by atoms with Gasteiger partial charge in [-0.25, -0.2) is 8.42 Å². The lowest BCUT2D eigenvalue weighted by molar-refractivity contribution is 0.0102. The molecule has 0 aromatic heterocycles. The summed E-state index contributed by atoms with van der Waals surface area (Å²) in [6.07, 6.45) is 1.63. The zero-order chi connectivity index (χ0) is 13.6. The van der Waals surface area contributed by atoms with E-state index < -0.39 is 10.0 Å². The number of nitrogens with one attached hydrogen (secondary N) is 1. The van der Waals surface area contributed by atoms with E-state index >= 15 is 0 Å². The monoisotopic (exact) mass is 278 g/mol. The van der Waals surface area contributed by atoms with Crippen LogP contribution < -0.4 is 5.32 Å². The number of hydrogen-bond acceptors (Lipinski definition) is 4. The van der Waals surface area contributed by atoms with Crippen molar-refractivity contribution in [2.75, 3.05) is 32.0 Å². The van der Waals surface area contributed by atoms with Crippen LogP contribution in [-0.4, -0.2) is 56.9 Å². The molecule has 0 spiro atoms. The highest BCUT2D eigenvalue weighted by Gasteiger charge is 2.26. The summed E-state index contributed by atoms with van der Waals surface area (Å²) in [5.74, 6) is 0.249. The van der Waals surface area contributed by atoms with Crippen molar-refractivity contribution in [3.05, 3.63) is 0 Å². The van der Waals surface area contributed by atoms with E-state index in [1.54, 1.807) is 4.31 Å². The summed E-state index contributed by atoms with van der Waals surface area (Å²) >= 11 is 0. The van der Waals surface area contributed by atoms with Crippen LogP contribution >= 0.6 is 0 Å². The Bertz CT molecular complexity index is 330. The van der Waals surface area contributed by atoms with Crippen molar-refractivity contribution in [3.8, 4) is 0 Å². The van der Waals surface area contributed by atoms with Gasteiger partial charge in [-0.2, -0.15) is 4.31 Å². The van der Waals surface area contributed by atoms with Crippen LogP contribution in [0.2, 0.25) is 0 Å². The molecule has 1 N–H and O–H groups in total. The molecule has 0 aromatic rings. The molecule has 1 heterocycles. The molecule has 0 aliphatic carbocycles. The Morgan fingerprint density at radius 1 is 1.39 bits per heavy atom. The minimum Gasteiger partial charge on any atom is -0.376 e. The average Bonchev–Trinajstić information content (AvgIpc) is 2.28. The summed E-state index contributed by atoms with van der Waals surface area (Å²) in [5, 5.41) is 3.29. The van der Waals surface area contributed by atoms with Crippen molar-refractivity contribution >= 4 is 10.0 Å². The SMILES string of the molecule is CC(C)NCCCCS(=O)(=O)N1CCOC(C)C1. The van der Waals surface area contributed by atoms with Gasteiger partial charge in [0.1, 0.15) is 0 Å². The van der Waals surface area contributed by atoms with Crippen LogP contribution in [0, 0.1) is 0 Å². The van der Waals surface area contributed by atoms with Crippen LogP contribution in [0.15, 0.2) is 0 Å². The molecule has 6 heteroatoms. The van der Waals surface area contributed by atoms with Crippen molar-refractivity contribution in [1.29, 1.82) is 0 Å². The van der Waals surface area contributed by atoms with Crippen molar-refractivity contribution in [2.45, 2.75) is 45.8 Å². The first-order valence-corrected chi connectivity index (χ1v) is 8.35. The highest BCUT2D eigenvalue weighted by Crippen LogP contribution is 2.11. The Kier molecular flexibility index (Phi) is 6.55. The molecule has 1 atom stereocenters. The lowest BCUT2D eigenvalue weighted by atomic mass is 10.3. The molecule has 1 saturated heterocycles. The van der Waals surface area contributed by atoms with Gasteiger partial charge in [-0.15, -0.1) is 0 Å². The maximum Gasteiger partial charge on any atom is 0.214 e. The molecule has 0 bridgehead atoms. The molecule has 1 aliphatic rings. The Morgan fingerprint density at radius 2 is 2.11 bits per heavy atom. The van der Waals surface area contributed by atoms with Gasteiger partial charge in [-0.05, 0) is 26.3 Å². The summed E-state index contributed by atoms with van der Waals surface area (Å²) in [7, 11) is -3.09. The van der Waals surface area contributed by atoms with Gasteiger partial charge in [0.25, 0.3) is 0 Å². The number of ether oxygens (including phenoxy) is 1. The first-order chi connectivity index (χ1) is 8.42. The first-order valence-electron chi connectivity index (χ1n) is 6.74. The molecular formula is C12H26N2O3S. The summed E-state index contributed by atoms with van der Waals surface area (Å²) in [5.41, 5.74) is 0. The van der Waals surface area contributed by atoms with Gasteiger partial charge in [0.2, 0.25) is 10.0 Å². The third-order valence-corrected chi connectivity index (χ3v) is 4.90. The van der Waals surface area contributed by atoms with Gasteiger partial charge in [0.05, 0.1) is 18.5 Å². The van der Waals surface area contributed by atoms with Gasteiger partial charge >= 0.3 is 0 Å². The smallest absolute Gasteiger partial charge is 0.214 e. The minimum absolute atomic E-state index is 0.0103. The highest BCUT2D eigenvalue weighted by atomic mass is 32.2. The third kappa shape index (κ3) is 5.65. The normalized spacial score (nSPS) is 22.6. The fourth-order valence-corrected chi connectivity index (χ4v) is 3.59. The van der Waals surface area contributed by atoms with Gasteiger partial charge in [0, 0.05) is 19.1 Å². The number of sulfonamides is 1. The maximum atomic E-state index is 12.1. The first kappa shape index (κ1) is 15.9. The molecule has 108 valence electrons. The largest absolute Gasteiger partial charge is 0.376 e. The molecule has 5 nitrogen and oxygen atoms in total. The molecule has 1 fully saturated rings. The minimum atomic E-state index is -3.09. The molecule has 18 heavy (non-hydrogen) atoms. The number of unbranched alkanes of at least 4 members (excludes halogenated alkanes) is 1. The number of rotatable bonds is 7. The average molecular weight is 278 g/mol. The number of hydrogen-bond donors (Lipinski definition) is 1. The molecule has 0 aromatic carbocycles. The van der Waals surface area contributed by atoms with E-state index in [4.69, 9.17) is 4.74 Å². The summed E-state index contributed by atoms with van der Waals surface area (Å²) in [4.78, 5) is 0. The van der Waals surface area contributed by atoms with Gasteiger partial charge in [-0.1, -0.05) is 13.8 Å². The molecular weight excluding hydrogens is 252 g/mol. The van der Waals surface area contributed by atoms with Gasteiger partial charge < -0.3 is 10.1 Å². The summed E-state index contributed by atoms with van der Waals surface area (Å²) in [6, 6.07) is 0.460. The third-order valence-electron chi connectivity index (χ3n) is 2.98. The van der Waals surface area contributed by atoms with Crippen molar-refractivity contribution in [2.24, 2.45) is 0 Å². The number of nitrogens with zero attached hydrogens (tertiary/aromatic N) is 1. The van der Waals surface area contributed by atoms with Crippen molar-refractivity contribution < 1.29 is 13.2 Å². The molecule has 0 saturated carbocycles. The zero-order valence-corrected chi connectivity index (χ0v) is 12.5. The van der Waals surface area contributed by atoms with E-state index in [9.17, 15) is 8.42 Å². The molecule has 0 amide bonds. The highest BCUT2D eigenvalue weighted by molar-refractivity contribution is 7.89. The predicted molar refractivity (Wildman–Crippen MR) is 73.1 cm³/mol. The maximum absolute atomic E-state index is 12.1. The van der Waals surface area contributed by atoms with Crippen LogP contribution in [0.25, 0.3) is 0 Å². The van der Waals surface area contributed by atoms with Gasteiger partial charge in [-0.3, -0.25) is 0 Å². The second-order valence-corrected chi connectivity index (χ2v) is 7.26. The Morgan fingerprint density at radius 3 is 2.72 bits per heavy atom. The van der Waals surface area contributed by atoms with Crippen LogP contribution in [0.4, 0.5) is 0 Å². The standard InChI is InChI=1S/C12H26N2O3S/c1-11(2)13-6-4-5-9-18(15,16)14-7-8-17-12(3)10-14/h11-13H,4-10H2,1-3H3. The Labute approximate surface area is 111 Å². The summed E-state index contributed by atoms with van der Waals surface area (Å²) in [6.45, 7) is 8.47. The fourth-order valence-electron chi connectivity index (χ4n) is 1.97. The molecule has 1 aliphatic heterocycles. The van der Waals surface area contributed by atoms with Crippen molar-refractivity contribution in [3.63, 3.8) is 0 Å². The van der Waals surface area contributed by atoms with Gasteiger partial charge in [0.15, 0.2) is 0 Å². The van der Waals surface area contributed by atoms with Crippen LogP contribution in [0.1, 0.15) is 33.6 Å². The van der Waals surface area contributed by atoms with E-state index in [1.165, 1.54) is 0 Å². The Hall–Kier alpha value is -0.170. The number of morpholine rings is 1. The molecule has 0 radical (unpaired) electrons. The lowest BCUT2D eigenvalue weighted by Crippen LogP contribution is -2.45. The van der Waals surface area contributed by atoms with E-state index in [0.717, 1.165) is 13.0 Å². The topological polar surface area (TPSA) is 58.6 Å².